The first-order valence-corrected chi connectivity index (χ1v) is 8.85. The largest absolute Gasteiger partial charge is 0.491 e. The minimum Gasteiger partial charge on any atom is -0.491 e. The monoisotopic (exact) mass is 348 g/mol. The molecule has 4 rings (SSSR count). The van der Waals surface area contributed by atoms with E-state index in [4.69, 9.17) is 19.9 Å². The van der Waals surface area contributed by atoms with E-state index >= 15 is 0 Å². The topological polar surface area (TPSA) is 103 Å². The maximum Gasteiger partial charge on any atom is 0.231 e. The smallest absolute Gasteiger partial charge is 0.231 e. The van der Waals surface area contributed by atoms with E-state index in [1.54, 1.807) is 18.2 Å². The van der Waals surface area contributed by atoms with Gasteiger partial charge < -0.3 is 30.4 Å². The molecule has 7 nitrogen and oxygen atoms in total. The fraction of sp³-hybridized carbons (Fsp3) is 0.611. The first-order chi connectivity index (χ1) is 12.1. The molecule has 1 heterocycles. The van der Waals surface area contributed by atoms with Crippen LogP contribution in [0.5, 0.6) is 17.2 Å². The summed E-state index contributed by atoms with van der Waals surface area (Å²) in [6, 6.07) is 5.21. The third-order valence-corrected chi connectivity index (χ3v) is 5.58. The van der Waals surface area contributed by atoms with Crippen molar-refractivity contribution in [3.05, 3.63) is 18.2 Å². The summed E-state index contributed by atoms with van der Waals surface area (Å²) in [5.41, 5.74) is 6.18. The van der Waals surface area contributed by atoms with Crippen LogP contribution in [0, 0.1) is 17.8 Å². The van der Waals surface area contributed by atoms with Crippen LogP contribution >= 0.6 is 0 Å². The molecule has 2 aliphatic carbocycles. The molecule has 0 aromatic heterocycles. The number of carbonyl (C=O) groups excluding carboxylic acids is 1. The van der Waals surface area contributed by atoms with Crippen LogP contribution in [0.25, 0.3) is 0 Å². The summed E-state index contributed by atoms with van der Waals surface area (Å²) in [6.45, 7) is 0.450. The van der Waals surface area contributed by atoms with Gasteiger partial charge in [0.15, 0.2) is 11.5 Å². The molecule has 25 heavy (non-hydrogen) atoms. The fourth-order valence-electron chi connectivity index (χ4n) is 4.28. The summed E-state index contributed by atoms with van der Waals surface area (Å²) in [5, 5.41) is 12.9. The van der Waals surface area contributed by atoms with Gasteiger partial charge in [-0.05, 0) is 43.2 Å². The molecule has 0 spiro atoms. The quantitative estimate of drug-likeness (QED) is 0.697. The van der Waals surface area contributed by atoms with Gasteiger partial charge in [0.25, 0.3) is 0 Å². The van der Waals surface area contributed by atoms with Gasteiger partial charge in [0.05, 0.1) is 5.92 Å². The number of fused-ring (bicyclic) bond motifs is 3. The second-order valence-electron chi connectivity index (χ2n) is 7.16. The summed E-state index contributed by atoms with van der Waals surface area (Å²) < 4.78 is 16.1. The molecule has 136 valence electrons. The van der Waals surface area contributed by atoms with Crippen molar-refractivity contribution in [3.63, 3.8) is 0 Å². The van der Waals surface area contributed by atoms with Gasteiger partial charge in [-0.2, -0.15) is 0 Å². The summed E-state index contributed by atoms with van der Waals surface area (Å²) in [6.07, 6.45) is 2.51. The van der Waals surface area contributed by atoms with Crippen molar-refractivity contribution in [1.82, 2.24) is 5.32 Å². The highest BCUT2D eigenvalue weighted by molar-refractivity contribution is 5.80. The van der Waals surface area contributed by atoms with E-state index in [-0.39, 0.29) is 37.8 Å². The molecular weight excluding hydrogens is 324 g/mol. The van der Waals surface area contributed by atoms with Crippen molar-refractivity contribution in [2.24, 2.45) is 23.5 Å². The van der Waals surface area contributed by atoms with Gasteiger partial charge in [-0.15, -0.1) is 0 Å². The lowest BCUT2D eigenvalue weighted by atomic mass is 9.84. The summed E-state index contributed by atoms with van der Waals surface area (Å²) in [4.78, 5) is 12.4. The Bertz CT molecular complexity index is 650. The van der Waals surface area contributed by atoms with Gasteiger partial charge in [-0.1, -0.05) is 0 Å². The molecule has 7 heteroatoms. The van der Waals surface area contributed by atoms with Crippen molar-refractivity contribution in [3.8, 4) is 17.2 Å². The molecule has 1 aliphatic heterocycles. The Morgan fingerprint density at radius 3 is 2.92 bits per heavy atom. The molecular formula is C18H24N2O5. The Morgan fingerprint density at radius 1 is 1.32 bits per heavy atom. The maximum atomic E-state index is 12.4. The molecule has 2 saturated carbocycles. The number of benzene rings is 1. The zero-order valence-corrected chi connectivity index (χ0v) is 14.0. The SMILES string of the molecule is NC1C2CCC(C2)C1C(=O)NCC(O)COc1ccc2c(c1)OCO2. The van der Waals surface area contributed by atoms with Crippen molar-refractivity contribution in [2.75, 3.05) is 19.9 Å². The van der Waals surface area contributed by atoms with E-state index in [2.05, 4.69) is 5.32 Å². The van der Waals surface area contributed by atoms with Gasteiger partial charge in [0.2, 0.25) is 12.7 Å². The summed E-state index contributed by atoms with van der Waals surface area (Å²) >= 11 is 0. The third-order valence-electron chi connectivity index (χ3n) is 5.58. The van der Waals surface area contributed by atoms with Crippen LogP contribution in [0.4, 0.5) is 0 Å². The minimum atomic E-state index is -0.788. The molecule has 0 radical (unpaired) electrons. The lowest BCUT2D eigenvalue weighted by Crippen LogP contribution is -2.47. The van der Waals surface area contributed by atoms with Crippen LogP contribution in [0.15, 0.2) is 18.2 Å². The van der Waals surface area contributed by atoms with E-state index in [1.807, 2.05) is 0 Å². The molecule has 2 fully saturated rings. The van der Waals surface area contributed by atoms with Crippen molar-refractivity contribution >= 4 is 5.91 Å². The summed E-state index contributed by atoms with van der Waals surface area (Å²) in [5.74, 6) is 2.64. The molecule has 5 unspecified atom stereocenters. The van der Waals surface area contributed by atoms with Crippen LogP contribution in [0.3, 0.4) is 0 Å². The van der Waals surface area contributed by atoms with Gasteiger partial charge in [-0.3, -0.25) is 4.79 Å². The fourth-order valence-corrected chi connectivity index (χ4v) is 4.28. The standard InChI is InChI=1S/C18H24N2O5/c19-17-11-2-1-10(5-11)16(17)18(22)20-7-12(21)8-23-13-3-4-14-15(6-13)25-9-24-14/h3-4,6,10-12,16-17,21H,1-2,5,7-9,19H2,(H,20,22). The van der Waals surface area contributed by atoms with Crippen molar-refractivity contribution < 1.29 is 24.1 Å². The highest BCUT2D eigenvalue weighted by Gasteiger charge is 2.48. The van der Waals surface area contributed by atoms with Crippen molar-refractivity contribution in [1.29, 1.82) is 0 Å². The van der Waals surface area contributed by atoms with Gasteiger partial charge >= 0.3 is 0 Å². The number of hydrogen-bond acceptors (Lipinski definition) is 6. The lowest BCUT2D eigenvalue weighted by molar-refractivity contribution is -0.127. The number of nitrogens with two attached hydrogens (primary N) is 1. The molecule has 3 aliphatic rings. The van der Waals surface area contributed by atoms with E-state index in [0.29, 0.717) is 29.1 Å². The van der Waals surface area contributed by atoms with Crippen LogP contribution in [-0.4, -0.2) is 43.1 Å². The molecule has 1 aromatic rings. The zero-order valence-electron chi connectivity index (χ0n) is 14.0. The van der Waals surface area contributed by atoms with E-state index < -0.39 is 6.10 Å². The Hall–Kier alpha value is -1.99. The predicted molar refractivity (Wildman–Crippen MR) is 89.4 cm³/mol. The average molecular weight is 348 g/mol. The van der Waals surface area contributed by atoms with Crippen LogP contribution in [0.2, 0.25) is 0 Å². The van der Waals surface area contributed by atoms with Gasteiger partial charge in [0, 0.05) is 18.7 Å². The minimum absolute atomic E-state index is 0.0400. The Balaban J connectivity index is 1.23. The first-order valence-electron chi connectivity index (χ1n) is 8.85. The number of rotatable bonds is 6. The number of ether oxygens (including phenoxy) is 3. The van der Waals surface area contributed by atoms with Crippen LogP contribution in [-0.2, 0) is 4.79 Å². The number of carbonyl (C=O) groups is 1. The Labute approximate surface area is 146 Å². The third kappa shape index (κ3) is 3.26. The average Bonchev–Trinajstić information content (AvgIpc) is 3.32. The number of amides is 1. The summed E-state index contributed by atoms with van der Waals surface area (Å²) in [7, 11) is 0. The lowest BCUT2D eigenvalue weighted by Gasteiger charge is -2.27. The molecule has 5 atom stereocenters. The molecule has 1 amide bonds. The number of nitrogens with one attached hydrogen (secondary N) is 1. The normalized spacial score (nSPS) is 30.3. The van der Waals surface area contributed by atoms with Gasteiger partial charge in [0.1, 0.15) is 18.5 Å². The first kappa shape index (κ1) is 16.5. The number of hydrogen-bond donors (Lipinski definition) is 3. The highest BCUT2D eigenvalue weighted by atomic mass is 16.7. The van der Waals surface area contributed by atoms with E-state index in [1.165, 1.54) is 0 Å². The van der Waals surface area contributed by atoms with Gasteiger partial charge in [-0.25, -0.2) is 0 Å². The van der Waals surface area contributed by atoms with Crippen LogP contribution < -0.4 is 25.3 Å². The second-order valence-corrected chi connectivity index (χ2v) is 7.16. The second kappa shape index (κ2) is 6.72. The number of aliphatic hydroxyl groups is 1. The molecule has 0 saturated heterocycles. The Morgan fingerprint density at radius 2 is 2.12 bits per heavy atom. The molecule has 1 aromatic carbocycles. The zero-order chi connectivity index (χ0) is 17.4. The highest BCUT2D eigenvalue weighted by Crippen LogP contribution is 2.47. The van der Waals surface area contributed by atoms with E-state index in [0.717, 1.165) is 19.3 Å². The molecule has 2 bridgehead atoms. The molecule has 4 N–H and O–H groups in total. The maximum absolute atomic E-state index is 12.4. The van der Waals surface area contributed by atoms with Crippen molar-refractivity contribution in [2.45, 2.75) is 31.4 Å². The predicted octanol–water partition coefficient (Wildman–Crippen LogP) is 0.645. The number of aliphatic hydroxyl groups excluding tert-OH is 1. The van der Waals surface area contributed by atoms with Crippen LogP contribution in [0.1, 0.15) is 19.3 Å². The Kier molecular flexibility index (Phi) is 4.43. The van der Waals surface area contributed by atoms with E-state index in [9.17, 15) is 9.90 Å².